The molecule has 210 valence electrons. The molecule has 2 aromatic rings. The lowest BCUT2D eigenvalue weighted by molar-refractivity contribution is -0.153. The molecule has 9 nitrogen and oxygen atoms in total. The Bertz CT molecular complexity index is 1290. The Morgan fingerprint density at radius 3 is 2.25 bits per heavy atom. The molecule has 9 heteroatoms. The first kappa shape index (κ1) is 27.6. The predicted molar refractivity (Wildman–Crippen MR) is 151 cm³/mol. The van der Waals surface area contributed by atoms with Gasteiger partial charge in [0.1, 0.15) is 5.54 Å². The number of carbonyl (C=O) groups excluding carboxylic acids is 3. The van der Waals surface area contributed by atoms with Crippen molar-refractivity contribution in [2.75, 3.05) is 6.54 Å². The Labute approximate surface area is 233 Å². The van der Waals surface area contributed by atoms with Gasteiger partial charge in [-0.05, 0) is 42.4 Å². The number of urea groups is 1. The van der Waals surface area contributed by atoms with Crippen LogP contribution < -0.4 is 16.4 Å². The zero-order valence-electron chi connectivity index (χ0n) is 22.4. The molecule has 4 atom stereocenters. The molecule has 2 heterocycles. The third kappa shape index (κ3) is 5.25. The van der Waals surface area contributed by atoms with Gasteiger partial charge in [-0.1, -0.05) is 86.0 Å². The van der Waals surface area contributed by atoms with Crippen LogP contribution in [0.1, 0.15) is 67.7 Å². The largest absolute Gasteiger partial charge is 0.480 e. The van der Waals surface area contributed by atoms with E-state index in [4.69, 9.17) is 5.73 Å². The van der Waals surface area contributed by atoms with Gasteiger partial charge >= 0.3 is 12.0 Å². The number of aliphatic carboxylic acids is 1. The van der Waals surface area contributed by atoms with Gasteiger partial charge in [0.05, 0.1) is 11.8 Å². The lowest BCUT2D eigenvalue weighted by Gasteiger charge is -2.34. The highest BCUT2D eigenvalue weighted by Gasteiger charge is 2.68. The molecule has 3 aliphatic rings. The van der Waals surface area contributed by atoms with E-state index in [1.54, 1.807) is 0 Å². The molecule has 0 spiro atoms. The maximum atomic E-state index is 13.9. The number of fused-ring (bicyclic) bond motifs is 1. The van der Waals surface area contributed by atoms with Crippen LogP contribution in [0.15, 0.2) is 54.6 Å². The molecule has 5 N–H and O–H groups in total. The Hall–Kier alpha value is -3.98. The zero-order chi connectivity index (χ0) is 28.3. The maximum Gasteiger partial charge on any atom is 0.324 e. The van der Waals surface area contributed by atoms with Crippen LogP contribution in [0.3, 0.4) is 0 Å². The summed E-state index contributed by atoms with van der Waals surface area (Å²) in [5.41, 5.74) is 6.33. The summed E-state index contributed by atoms with van der Waals surface area (Å²) in [6, 6.07) is 16.1. The predicted octanol–water partition coefficient (Wildman–Crippen LogP) is 3.71. The summed E-state index contributed by atoms with van der Waals surface area (Å²) in [5.74, 6) is -3.70. The van der Waals surface area contributed by atoms with E-state index in [-0.39, 0.29) is 31.3 Å². The number of carboxylic acid groups (broad SMARTS) is 1. The van der Waals surface area contributed by atoms with Gasteiger partial charge < -0.3 is 16.2 Å². The van der Waals surface area contributed by atoms with Crippen molar-refractivity contribution < 1.29 is 24.3 Å². The standard InChI is InChI=1S/C31H36N4O5/c32-30(40)33-19-7-18-31(29(38)39)25-24(27(36)35(28(25)37)23-10-5-2-6-11-23)26(34-31)22-16-14-21(15-17-22)13-12-20-8-3-1-4-9-20/h1,3-4,8-9,12-17,23-26,34H,2,5-7,10-11,18-19H2,(H,38,39)(H3,32,33,40). The Morgan fingerprint density at radius 1 is 0.975 bits per heavy atom. The molecule has 4 amide bonds. The van der Waals surface area contributed by atoms with E-state index in [0.29, 0.717) is 0 Å². The van der Waals surface area contributed by atoms with Crippen molar-refractivity contribution in [3.8, 4) is 0 Å². The van der Waals surface area contributed by atoms with Crippen molar-refractivity contribution in [3.05, 3.63) is 71.3 Å². The third-order valence-corrected chi connectivity index (χ3v) is 8.62. The second-order valence-electron chi connectivity index (χ2n) is 11.0. The molecule has 3 fully saturated rings. The molecule has 40 heavy (non-hydrogen) atoms. The number of carboxylic acids is 1. The van der Waals surface area contributed by atoms with E-state index >= 15 is 0 Å². The van der Waals surface area contributed by atoms with E-state index in [9.17, 15) is 24.3 Å². The van der Waals surface area contributed by atoms with Gasteiger partial charge in [0.15, 0.2) is 0 Å². The summed E-state index contributed by atoms with van der Waals surface area (Å²) < 4.78 is 0. The molecule has 2 aromatic carbocycles. The number of rotatable bonds is 9. The average molecular weight is 545 g/mol. The number of benzene rings is 2. The van der Waals surface area contributed by atoms with Crippen molar-refractivity contribution in [3.63, 3.8) is 0 Å². The molecule has 0 radical (unpaired) electrons. The summed E-state index contributed by atoms with van der Waals surface area (Å²) in [4.78, 5) is 53.3. The normalized spacial score (nSPS) is 26.8. The Balaban J connectivity index is 1.46. The highest BCUT2D eigenvalue weighted by molar-refractivity contribution is 6.09. The smallest absolute Gasteiger partial charge is 0.324 e. The van der Waals surface area contributed by atoms with Gasteiger partial charge in [0.2, 0.25) is 11.8 Å². The van der Waals surface area contributed by atoms with Crippen molar-refractivity contribution in [1.29, 1.82) is 0 Å². The second-order valence-corrected chi connectivity index (χ2v) is 11.0. The summed E-state index contributed by atoms with van der Waals surface area (Å²) in [7, 11) is 0. The number of hydrogen-bond acceptors (Lipinski definition) is 5. The van der Waals surface area contributed by atoms with E-state index < -0.39 is 41.3 Å². The lowest BCUT2D eigenvalue weighted by Crippen LogP contribution is -2.56. The fraction of sp³-hybridized carbons (Fsp3) is 0.419. The second kappa shape index (κ2) is 11.6. The fourth-order valence-electron chi connectivity index (χ4n) is 6.69. The molecular weight excluding hydrogens is 508 g/mol. The molecule has 0 bridgehead atoms. The van der Waals surface area contributed by atoms with Crippen LogP contribution in [0.25, 0.3) is 12.2 Å². The van der Waals surface area contributed by atoms with Gasteiger partial charge in [0, 0.05) is 18.6 Å². The van der Waals surface area contributed by atoms with E-state index in [1.807, 2.05) is 66.7 Å². The molecule has 2 saturated heterocycles. The number of nitrogens with two attached hydrogens (primary N) is 1. The van der Waals surface area contributed by atoms with Crippen molar-refractivity contribution >= 4 is 36.0 Å². The van der Waals surface area contributed by atoms with E-state index in [2.05, 4.69) is 10.6 Å². The molecule has 2 aliphatic heterocycles. The summed E-state index contributed by atoms with van der Waals surface area (Å²) in [6.45, 7) is 0.172. The van der Waals surface area contributed by atoms with Gasteiger partial charge in [-0.2, -0.15) is 0 Å². The highest BCUT2D eigenvalue weighted by atomic mass is 16.4. The monoisotopic (exact) mass is 544 g/mol. The van der Waals surface area contributed by atoms with E-state index in [0.717, 1.165) is 48.8 Å². The third-order valence-electron chi connectivity index (χ3n) is 8.62. The van der Waals surface area contributed by atoms with Crippen LogP contribution in [0.2, 0.25) is 0 Å². The molecule has 4 unspecified atom stereocenters. The molecule has 5 rings (SSSR count). The van der Waals surface area contributed by atoms with Gasteiger partial charge in [0.25, 0.3) is 0 Å². The minimum Gasteiger partial charge on any atom is -0.480 e. The number of amides is 4. The van der Waals surface area contributed by atoms with Crippen LogP contribution in [-0.2, 0) is 14.4 Å². The quantitative estimate of drug-likeness (QED) is 0.215. The first-order chi connectivity index (χ1) is 19.3. The Kier molecular flexibility index (Phi) is 8.02. The molecule has 0 aromatic heterocycles. The number of imide groups is 1. The van der Waals surface area contributed by atoms with Crippen LogP contribution in [0.4, 0.5) is 4.79 Å². The van der Waals surface area contributed by atoms with Crippen LogP contribution in [0, 0.1) is 11.8 Å². The van der Waals surface area contributed by atoms with Crippen LogP contribution in [-0.4, -0.2) is 51.9 Å². The summed E-state index contributed by atoms with van der Waals surface area (Å²) in [5, 5.41) is 16.3. The van der Waals surface area contributed by atoms with Crippen molar-refractivity contribution in [1.82, 2.24) is 15.5 Å². The highest BCUT2D eigenvalue weighted by Crippen LogP contribution is 2.51. The van der Waals surface area contributed by atoms with Crippen molar-refractivity contribution in [2.45, 2.75) is 62.6 Å². The van der Waals surface area contributed by atoms with Gasteiger partial charge in [-0.15, -0.1) is 0 Å². The lowest BCUT2D eigenvalue weighted by atomic mass is 9.77. The topological polar surface area (TPSA) is 142 Å². The SMILES string of the molecule is NC(=O)NCCCC1(C(=O)O)NC(c2ccc(C=Cc3ccccc3)cc2)C2C(=O)N(C3CCCCC3)C(=O)C21. The first-order valence-corrected chi connectivity index (χ1v) is 14.1. The number of nitrogens with one attached hydrogen (secondary N) is 2. The first-order valence-electron chi connectivity index (χ1n) is 14.1. The number of nitrogens with zero attached hydrogens (tertiary/aromatic N) is 1. The molecule has 1 aliphatic carbocycles. The number of primary amides is 1. The minimum absolute atomic E-state index is 0.0652. The summed E-state index contributed by atoms with van der Waals surface area (Å²) in [6.07, 6.45) is 8.81. The summed E-state index contributed by atoms with van der Waals surface area (Å²) >= 11 is 0. The number of likely N-dealkylation sites (tertiary alicyclic amines) is 1. The Morgan fingerprint density at radius 2 is 1.62 bits per heavy atom. The maximum absolute atomic E-state index is 13.9. The number of hydrogen-bond donors (Lipinski definition) is 4. The zero-order valence-corrected chi connectivity index (χ0v) is 22.4. The number of carbonyl (C=O) groups is 4. The minimum atomic E-state index is -1.64. The molecular formula is C31H36N4O5. The van der Waals surface area contributed by atoms with Gasteiger partial charge in [-0.25, -0.2) is 4.79 Å². The van der Waals surface area contributed by atoms with E-state index in [1.165, 1.54) is 4.90 Å². The van der Waals surface area contributed by atoms with Gasteiger partial charge in [-0.3, -0.25) is 24.6 Å². The van der Waals surface area contributed by atoms with Crippen LogP contribution in [0.5, 0.6) is 0 Å². The average Bonchev–Trinajstić information content (AvgIpc) is 3.45. The fourth-order valence-corrected chi connectivity index (χ4v) is 6.69. The van der Waals surface area contributed by atoms with Crippen LogP contribution >= 0.6 is 0 Å². The van der Waals surface area contributed by atoms with Crippen molar-refractivity contribution in [2.24, 2.45) is 17.6 Å². The molecule has 1 saturated carbocycles.